The van der Waals surface area contributed by atoms with Crippen LogP contribution < -0.4 is 5.32 Å². The van der Waals surface area contributed by atoms with Gasteiger partial charge in [-0.3, -0.25) is 4.79 Å². The van der Waals surface area contributed by atoms with Crippen molar-refractivity contribution in [1.82, 2.24) is 10.2 Å². The zero-order valence-electron chi connectivity index (χ0n) is 13.3. The van der Waals surface area contributed by atoms with Gasteiger partial charge in [-0.25, -0.2) is 0 Å². The third-order valence-electron chi connectivity index (χ3n) is 5.27. The molecule has 2 aliphatic carbocycles. The highest BCUT2D eigenvalue weighted by Gasteiger charge is 2.48. The lowest BCUT2D eigenvalue weighted by molar-refractivity contribution is -0.150. The highest BCUT2D eigenvalue weighted by atomic mass is 16.5. The second kappa shape index (κ2) is 6.90. The summed E-state index contributed by atoms with van der Waals surface area (Å²) in [6.45, 7) is 5.71. The first kappa shape index (κ1) is 15.8. The van der Waals surface area contributed by atoms with Crippen molar-refractivity contribution in [3.05, 3.63) is 0 Å². The number of likely N-dealkylation sites (N-methyl/N-ethyl adjacent to an activating group) is 1. The van der Waals surface area contributed by atoms with Gasteiger partial charge in [-0.15, -0.1) is 0 Å². The summed E-state index contributed by atoms with van der Waals surface area (Å²) in [4.78, 5) is 14.7. The van der Waals surface area contributed by atoms with E-state index in [0.717, 1.165) is 44.7 Å². The van der Waals surface area contributed by atoms with Crippen molar-refractivity contribution in [2.24, 2.45) is 11.8 Å². The van der Waals surface area contributed by atoms with Gasteiger partial charge in [-0.2, -0.15) is 0 Å². The van der Waals surface area contributed by atoms with E-state index in [4.69, 9.17) is 4.74 Å². The van der Waals surface area contributed by atoms with Gasteiger partial charge in [0.2, 0.25) is 0 Å². The smallest absolute Gasteiger partial charge is 0.326 e. The highest BCUT2D eigenvalue weighted by Crippen LogP contribution is 2.39. The Morgan fingerprint density at radius 3 is 2.70 bits per heavy atom. The summed E-state index contributed by atoms with van der Waals surface area (Å²) in [5.41, 5.74) is -0.437. The van der Waals surface area contributed by atoms with Crippen molar-refractivity contribution in [3.8, 4) is 0 Å². The Morgan fingerprint density at radius 1 is 1.40 bits per heavy atom. The lowest BCUT2D eigenvalue weighted by Crippen LogP contribution is -2.54. The van der Waals surface area contributed by atoms with Gasteiger partial charge >= 0.3 is 5.97 Å². The predicted octanol–water partition coefficient (Wildman–Crippen LogP) is 2.04. The number of nitrogens with zero attached hydrogens (tertiary/aromatic N) is 1. The van der Waals surface area contributed by atoms with Crippen LogP contribution in [0.25, 0.3) is 0 Å². The minimum absolute atomic E-state index is 0.0762. The van der Waals surface area contributed by atoms with Crippen molar-refractivity contribution in [3.63, 3.8) is 0 Å². The molecule has 0 aromatic rings. The lowest BCUT2D eigenvalue weighted by Gasteiger charge is -2.33. The maximum atomic E-state index is 12.2. The fourth-order valence-electron chi connectivity index (χ4n) is 3.73. The maximum Gasteiger partial charge on any atom is 0.326 e. The van der Waals surface area contributed by atoms with Gasteiger partial charge in [0.15, 0.2) is 0 Å². The number of carbonyl (C=O) groups is 1. The molecule has 0 spiro atoms. The summed E-state index contributed by atoms with van der Waals surface area (Å²) < 4.78 is 5.05. The van der Waals surface area contributed by atoms with Gasteiger partial charge in [0.1, 0.15) is 5.54 Å². The molecule has 20 heavy (non-hydrogen) atoms. The first-order valence-corrected chi connectivity index (χ1v) is 8.16. The van der Waals surface area contributed by atoms with E-state index < -0.39 is 5.54 Å². The molecule has 0 saturated heterocycles. The molecule has 0 heterocycles. The van der Waals surface area contributed by atoms with Gasteiger partial charge in [-0.1, -0.05) is 13.3 Å². The number of ether oxygens (including phenoxy) is 1. The minimum atomic E-state index is -0.437. The summed E-state index contributed by atoms with van der Waals surface area (Å²) in [6.07, 6.45) is 7.07. The van der Waals surface area contributed by atoms with E-state index >= 15 is 0 Å². The quantitative estimate of drug-likeness (QED) is 0.692. The van der Waals surface area contributed by atoms with E-state index in [2.05, 4.69) is 17.1 Å². The molecule has 1 N–H and O–H groups in total. The van der Waals surface area contributed by atoms with Gasteiger partial charge in [-0.05, 0) is 64.1 Å². The summed E-state index contributed by atoms with van der Waals surface area (Å²) in [5.74, 6) is 1.27. The minimum Gasteiger partial charge on any atom is -0.468 e. The summed E-state index contributed by atoms with van der Waals surface area (Å²) in [6, 6.07) is 0. The second-order valence-electron chi connectivity index (χ2n) is 6.43. The van der Waals surface area contributed by atoms with Crippen molar-refractivity contribution in [2.45, 2.75) is 51.0 Å². The van der Waals surface area contributed by atoms with Crippen LogP contribution in [0.15, 0.2) is 0 Å². The zero-order chi connectivity index (χ0) is 14.6. The van der Waals surface area contributed by atoms with Gasteiger partial charge < -0.3 is 15.0 Å². The molecule has 116 valence electrons. The van der Waals surface area contributed by atoms with Crippen molar-refractivity contribution in [1.29, 1.82) is 0 Å². The number of hydrogen-bond donors (Lipinski definition) is 1. The Bertz CT molecular complexity index is 330. The fraction of sp³-hybridized carbons (Fsp3) is 0.938. The van der Waals surface area contributed by atoms with Crippen LogP contribution in [0.3, 0.4) is 0 Å². The van der Waals surface area contributed by atoms with Crippen LogP contribution in [-0.4, -0.2) is 50.2 Å². The molecule has 2 fully saturated rings. The number of esters is 1. The van der Waals surface area contributed by atoms with Crippen LogP contribution in [-0.2, 0) is 9.53 Å². The SMILES string of the molecule is CCN(CCC1CCCC1(NC)C(=O)OC)CC1CC1. The van der Waals surface area contributed by atoms with E-state index in [1.807, 2.05) is 7.05 Å². The first-order chi connectivity index (χ1) is 9.66. The number of carbonyl (C=O) groups excluding carboxylic acids is 1. The summed E-state index contributed by atoms with van der Waals surface area (Å²) >= 11 is 0. The first-order valence-electron chi connectivity index (χ1n) is 8.16. The van der Waals surface area contributed by atoms with Crippen molar-refractivity contribution in [2.75, 3.05) is 33.8 Å². The Kier molecular flexibility index (Phi) is 5.44. The van der Waals surface area contributed by atoms with Crippen LogP contribution in [0.1, 0.15) is 45.4 Å². The van der Waals surface area contributed by atoms with Gasteiger partial charge in [0, 0.05) is 6.54 Å². The van der Waals surface area contributed by atoms with Crippen molar-refractivity contribution >= 4 is 5.97 Å². The standard InChI is InChI=1S/C16H30N2O2/c1-4-18(12-13-7-8-13)11-9-14-6-5-10-16(14,17-2)15(19)20-3/h13-14,17H,4-12H2,1-3H3. The normalized spacial score (nSPS) is 29.9. The van der Waals surface area contributed by atoms with E-state index in [1.54, 1.807) is 0 Å². The molecule has 0 aromatic heterocycles. The maximum absolute atomic E-state index is 12.2. The van der Waals surface area contributed by atoms with E-state index in [1.165, 1.54) is 26.5 Å². The molecule has 0 bridgehead atoms. The van der Waals surface area contributed by atoms with Crippen LogP contribution in [0.5, 0.6) is 0 Å². The number of hydrogen-bond acceptors (Lipinski definition) is 4. The van der Waals surface area contributed by atoms with Crippen LogP contribution in [0, 0.1) is 11.8 Å². The molecular formula is C16H30N2O2. The number of rotatable bonds is 8. The molecule has 2 atom stereocenters. The average molecular weight is 282 g/mol. The molecule has 4 heteroatoms. The molecule has 0 aromatic carbocycles. The molecule has 0 aliphatic heterocycles. The monoisotopic (exact) mass is 282 g/mol. The largest absolute Gasteiger partial charge is 0.468 e. The molecule has 2 rings (SSSR count). The second-order valence-corrected chi connectivity index (χ2v) is 6.43. The summed E-state index contributed by atoms with van der Waals surface area (Å²) in [5, 5.41) is 3.28. The fourth-order valence-corrected chi connectivity index (χ4v) is 3.73. The highest BCUT2D eigenvalue weighted by molar-refractivity contribution is 5.81. The van der Waals surface area contributed by atoms with Gasteiger partial charge in [0.25, 0.3) is 0 Å². The Morgan fingerprint density at radius 2 is 2.15 bits per heavy atom. The lowest BCUT2D eigenvalue weighted by atomic mass is 9.84. The predicted molar refractivity (Wildman–Crippen MR) is 80.6 cm³/mol. The third-order valence-corrected chi connectivity index (χ3v) is 5.27. The number of nitrogens with one attached hydrogen (secondary N) is 1. The molecule has 0 radical (unpaired) electrons. The topological polar surface area (TPSA) is 41.6 Å². The molecular weight excluding hydrogens is 252 g/mol. The van der Waals surface area contributed by atoms with E-state index in [0.29, 0.717) is 5.92 Å². The Hall–Kier alpha value is -0.610. The van der Waals surface area contributed by atoms with Gasteiger partial charge in [0.05, 0.1) is 7.11 Å². The summed E-state index contributed by atoms with van der Waals surface area (Å²) in [7, 11) is 3.40. The van der Waals surface area contributed by atoms with E-state index in [9.17, 15) is 4.79 Å². The van der Waals surface area contributed by atoms with E-state index in [-0.39, 0.29) is 5.97 Å². The average Bonchev–Trinajstić information content (AvgIpc) is 3.20. The van der Waals surface area contributed by atoms with Crippen LogP contribution >= 0.6 is 0 Å². The Balaban J connectivity index is 1.90. The molecule has 2 aliphatic rings. The molecule has 4 nitrogen and oxygen atoms in total. The molecule has 2 saturated carbocycles. The molecule has 2 unspecified atom stereocenters. The molecule has 0 amide bonds. The third kappa shape index (κ3) is 3.34. The van der Waals surface area contributed by atoms with Crippen molar-refractivity contribution < 1.29 is 9.53 Å². The zero-order valence-corrected chi connectivity index (χ0v) is 13.3. The number of methoxy groups -OCH3 is 1. The van der Waals surface area contributed by atoms with Crippen LogP contribution in [0.4, 0.5) is 0 Å². The van der Waals surface area contributed by atoms with Crippen LogP contribution in [0.2, 0.25) is 0 Å². The Labute approximate surface area is 123 Å².